The maximum atomic E-state index is 9.19. The van der Waals surface area contributed by atoms with Crippen molar-refractivity contribution in [3.63, 3.8) is 0 Å². The predicted octanol–water partition coefficient (Wildman–Crippen LogP) is 0.461. The van der Waals surface area contributed by atoms with Gasteiger partial charge in [0, 0.05) is 7.05 Å². The molecule has 0 atom stereocenters. The maximum Gasteiger partial charge on any atom is 0.281 e. The molecule has 4 nitrogen and oxygen atoms in total. The number of aliphatic hydroxyl groups excluding tert-OH is 1. The first-order valence-corrected chi connectivity index (χ1v) is 4.33. The van der Waals surface area contributed by atoms with Crippen LogP contribution in [0.1, 0.15) is 25.7 Å². The zero-order valence-electron chi connectivity index (χ0n) is 7.34. The fourth-order valence-corrected chi connectivity index (χ4v) is 1.39. The molecule has 0 unspecified atom stereocenters. The molecule has 0 aliphatic heterocycles. The Kier molecular flexibility index (Phi) is 3.34. The lowest BCUT2D eigenvalue weighted by Crippen LogP contribution is -2.30. The van der Waals surface area contributed by atoms with Crippen LogP contribution in [0.4, 0.5) is 0 Å². The van der Waals surface area contributed by atoms with Crippen LogP contribution in [0.15, 0.2) is 0 Å². The molecule has 70 valence electrons. The molecule has 0 amide bonds. The van der Waals surface area contributed by atoms with E-state index >= 15 is 0 Å². The van der Waals surface area contributed by atoms with Crippen LogP contribution in [-0.2, 0) is 4.74 Å². The third-order valence-corrected chi connectivity index (χ3v) is 2.16. The molecule has 1 aliphatic carbocycles. The van der Waals surface area contributed by atoms with Crippen molar-refractivity contribution in [1.29, 1.82) is 5.41 Å². The standard InChI is InChI=1S/C8H16N2O2/c1-10-8(9)12-7-4-2-6(11)3-5-7/h6-7,11H,2-5H2,1H3,(H2,9,10)/t6-,7-. The van der Waals surface area contributed by atoms with Crippen LogP contribution in [-0.4, -0.2) is 30.4 Å². The number of amidine groups is 1. The lowest BCUT2D eigenvalue weighted by Gasteiger charge is -2.25. The van der Waals surface area contributed by atoms with Crippen LogP contribution in [0.5, 0.6) is 0 Å². The molecule has 0 radical (unpaired) electrons. The Bertz CT molecular complexity index is 153. The summed E-state index contributed by atoms with van der Waals surface area (Å²) in [6.45, 7) is 0. The van der Waals surface area contributed by atoms with Gasteiger partial charge in [0.15, 0.2) is 0 Å². The van der Waals surface area contributed by atoms with E-state index in [-0.39, 0.29) is 18.2 Å². The van der Waals surface area contributed by atoms with Crippen molar-refractivity contribution >= 4 is 6.02 Å². The Hall–Kier alpha value is -0.770. The maximum absolute atomic E-state index is 9.19. The second kappa shape index (κ2) is 4.30. The molecule has 1 rings (SSSR count). The van der Waals surface area contributed by atoms with E-state index < -0.39 is 0 Å². The summed E-state index contributed by atoms with van der Waals surface area (Å²) >= 11 is 0. The number of aliphatic hydroxyl groups is 1. The van der Waals surface area contributed by atoms with Crippen molar-refractivity contribution < 1.29 is 9.84 Å². The molecule has 0 spiro atoms. The van der Waals surface area contributed by atoms with Crippen LogP contribution >= 0.6 is 0 Å². The van der Waals surface area contributed by atoms with Crippen molar-refractivity contribution in [2.45, 2.75) is 37.9 Å². The minimum Gasteiger partial charge on any atom is -0.462 e. The lowest BCUT2D eigenvalue weighted by molar-refractivity contribution is 0.0579. The molecular weight excluding hydrogens is 156 g/mol. The first kappa shape index (κ1) is 9.32. The Morgan fingerprint density at radius 3 is 2.50 bits per heavy atom. The predicted molar refractivity (Wildman–Crippen MR) is 46.1 cm³/mol. The molecule has 0 aromatic rings. The summed E-state index contributed by atoms with van der Waals surface area (Å²) < 4.78 is 5.25. The Morgan fingerprint density at radius 1 is 1.42 bits per heavy atom. The van der Waals surface area contributed by atoms with Crippen LogP contribution in [0.25, 0.3) is 0 Å². The molecule has 0 saturated heterocycles. The summed E-state index contributed by atoms with van der Waals surface area (Å²) in [6, 6.07) is 0.122. The highest BCUT2D eigenvalue weighted by molar-refractivity contribution is 5.69. The molecule has 1 fully saturated rings. The molecule has 12 heavy (non-hydrogen) atoms. The van der Waals surface area contributed by atoms with Crippen molar-refractivity contribution in [2.75, 3.05) is 7.05 Å². The highest BCUT2D eigenvalue weighted by atomic mass is 16.5. The van der Waals surface area contributed by atoms with Gasteiger partial charge in [0.1, 0.15) is 6.10 Å². The van der Waals surface area contributed by atoms with Gasteiger partial charge in [-0.05, 0) is 25.7 Å². The van der Waals surface area contributed by atoms with Gasteiger partial charge in [-0.3, -0.25) is 5.41 Å². The minimum absolute atomic E-state index is 0.119. The van der Waals surface area contributed by atoms with Gasteiger partial charge in [-0.1, -0.05) is 0 Å². The minimum atomic E-state index is -0.159. The summed E-state index contributed by atoms with van der Waals surface area (Å²) in [6.07, 6.45) is 3.25. The zero-order valence-corrected chi connectivity index (χ0v) is 7.34. The second-order valence-corrected chi connectivity index (χ2v) is 3.13. The van der Waals surface area contributed by atoms with Crippen LogP contribution < -0.4 is 5.32 Å². The average Bonchev–Trinajstić information content (AvgIpc) is 2.09. The van der Waals surface area contributed by atoms with Gasteiger partial charge in [-0.25, -0.2) is 0 Å². The van der Waals surface area contributed by atoms with E-state index in [1.54, 1.807) is 7.05 Å². The van der Waals surface area contributed by atoms with E-state index in [1.165, 1.54) is 0 Å². The van der Waals surface area contributed by atoms with Crippen LogP contribution in [0.3, 0.4) is 0 Å². The molecular formula is C8H16N2O2. The van der Waals surface area contributed by atoms with E-state index in [1.807, 2.05) is 0 Å². The third kappa shape index (κ3) is 2.70. The topological polar surface area (TPSA) is 65.3 Å². The van der Waals surface area contributed by atoms with E-state index in [2.05, 4.69) is 5.32 Å². The first-order valence-electron chi connectivity index (χ1n) is 4.33. The Balaban J connectivity index is 2.21. The number of nitrogens with one attached hydrogen (secondary N) is 2. The van der Waals surface area contributed by atoms with Crippen LogP contribution in [0.2, 0.25) is 0 Å². The summed E-state index contributed by atoms with van der Waals surface area (Å²) in [5, 5.41) is 19.0. The monoisotopic (exact) mass is 172 g/mol. The molecule has 0 bridgehead atoms. The van der Waals surface area contributed by atoms with Gasteiger partial charge in [-0.2, -0.15) is 0 Å². The fraction of sp³-hybridized carbons (Fsp3) is 0.875. The van der Waals surface area contributed by atoms with Gasteiger partial charge in [-0.15, -0.1) is 0 Å². The Labute approximate surface area is 72.4 Å². The van der Waals surface area contributed by atoms with Gasteiger partial charge in [0.2, 0.25) is 0 Å². The normalized spacial score (nSPS) is 29.5. The summed E-state index contributed by atoms with van der Waals surface area (Å²) in [7, 11) is 1.67. The van der Waals surface area contributed by atoms with Crippen molar-refractivity contribution in [3.8, 4) is 0 Å². The van der Waals surface area contributed by atoms with Gasteiger partial charge in [0.05, 0.1) is 6.10 Å². The first-order chi connectivity index (χ1) is 5.72. The fourth-order valence-electron chi connectivity index (χ4n) is 1.39. The molecule has 3 N–H and O–H groups in total. The van der Waals surface area contributed by atoms with E-state index in [0.717, 1.165) is 25.7 Å². The largest absolute Gasteiger partial charge is 0.462 e. The lowest BCUT2D eigenvalue weighted by atomic mass is 9.95. The van der Waals surface area contributed by atoms with E-state index in [0.29, 0.717) is 0 Å². The quantitative estimate of drug-likeness (QED) is 0.397. The molecule has 4 heteroatoms. The second-order valence-electron chi connectivity index (χ2n) is 3.13. The number of rotatable bonds is 1. The molecule has 0 aromatic heterocycles. The third-order valence-electron chi connectivity index (χ3n) is 2.16. The zero-order chi connectivity index (χ0) is 8.97. The van der Waals surface area contributed by atoms with Crippen molar-refractivity contribution in [1.82, 2.24) is 5.32 Å². The summed E-state index contributed by atoms with van der Waals surface area (Å²) in [5.41, 5.74) is 0. The van der Waals surface area contributed by atoms with Crippen molar-refractivity contribution in [3.05, 3.63) is 0 Å². The number of hydrogen-bond acceptors (Lipinski definition) is 3. The highest BCUT2D eigenvalue weighted by Gasteiger charge is 2.20. The van der Waals surface area contributed by atoms with Gasteiger partial charge in [0.25, 0.3) is 6.02 Å². The van der Waals surface area contributed by atoms with E-state index in [4.69, 9.17) is 10.1 Å². The smallest absolute Gasteiger partial charge is 0.281 e. The summed E-state index contributed by atoms with van der Waals surface area (Å²) in [4.78, 5) is 0. The summed E-state index contributed by atoms with van der Waals surface area (Å²) in [5.74, 6) is 0. The average molecular weight is 172 g/mol. The van der Waals surface area contributed by atoms with Crippen molar-refractivity contribution in [2.24, 2.45) is 0 Å². The van der Waals surface area contributed by atoms with Gasteiger partial charge >= 0.3 is 0 Å². The Morgan fingerprint density at radius 2 is 2.00 bits per heavy atom. The number of hydrogen-bond donors (Lipinski definition) is 3. The highest BCUT2D eigenvalue weighted by Crippen LogP contribution is 2.20. The van der Waals surface area contributed by atoms with Gasteiger partial charge < -0.3 is 15.2 Å². The SMILES string of the molecule is CNC(=N)O[C@H]1CC[C@H](O)CC1. The molecule has 1 aliphatic rings. The molecule has 1 saturated carbocycles. The number of ether oxygens (including phenoxy) is 1. The van der Waals surface area contributed by atoms with Crippen LogP contribution in [0, 0.1) is 5.41 Å². The van der Waals surface area contributed by atoms with E-state index in [9.17, 15) is 5.11 Å². The molecule has 0 aromatic carbocycles. The molecule has 0 heterocycles.